The highest BCUT2D eigenvalue weighted by Crippen LogP contribution is 2.42. The summed E-state index contributed by atoms with van der Waals surface area (Å²) < 4.78 is 7.28. The van der Waals surface area contributed by atoms with E-state index in [1.54, 1.807) is 17.8 Å². The molecule has 10 nitrogen and oxygen atoms in total. The molecule has 0 bridgehead atoms. The van der Waals surface area contributed by atoms with Gasteiger partial charge in [0.2, 0.25) is 0 Å². The van der Waals surface area contributed by atoms with Crippen LogP contribution < -0.4 is 10.6 Å². The van der Waals surface area contributed by atoms with E-state index in [9.17, 15) is 20.1 Å². The van der Waals surface area contributed by atoms with Crippen LogP contribution in [-0.2, 0) is 9.53 Å². The van der Waals surface area contributed by atoms with Crippen molar-refractivity contribution in [1.82, 2.24) is 19.9 Å². The first-order chi connectivity index (χ1) is 12.4. The van der Waals surface area contributed by atoms with Gasteiger partial charge in [-0.15, -0.1) is 0 Å². The molecule has 4 atom stereocenters. The fourth-order valence-corrected chi connectivity index (χ4v) is 3.52. The summed E-state index contributed by atoms with van der Waals surface area (Å²) in [6, 6.07) is 0. The number of nitrogens with zero attached hydrogens (tertiary/aromatic N) is 3. The number of aliphatic hydroxyl groups excluding tert-OH is 2. The number of carbonyl (C=O) groups is 1. The van der Waals surface area contributed by atoms with Crippen molar-refractivity contribution in [2.75, 3.05) is 19.0 Å². The summed E-state index contributed by atoms with van der Waals surface area (Å²) >= 11 is 0. The molecule has 2 aromatic rings. The molecule has 10 heteroatoms. The number of aromatic nitrogens is 3. The molecule has 0 aromatic carbocycles. The molecule has 4 rings (SSSR count). The number of hydrogen-bond donors (Lipinski definition) is 5. The molecule has 4 heterocycles. The van der Waals surface area contributed by atoms with Gasteiger partial charge in [0.1, 0.15) is 35.6 Å². The molecule has 5 N–H and O–H groups in total. The third-order valence-corrected chi connectivity index (χ3v) is 4.87. The van der Waals surface area contributed by atoms with E-state index in [-0.39, 0.29) is 5.91 Å². The first kappa shape index (κ1) is 16.9. The van der Waals surface area contributed by atoms with Gasteiger partial charge in [-0.25, -0.2) is 9.97 Å². The van der Waals surface area contributed by atoms with Crippen LogP contribution in [0.4, 0.5) is 5.82 Å². The van der Waals surface area contributed by atoms with Crippen LogP contribution in [0.3, 0.4) is 0 Å². The van der Waals surface area contributed by atoms with Crippen molar-refractivity contribution in [2.45, 2.75) is 31.0 Å². The Bertz CT molecular complexity index is 921. The first-order valence-electron chi connectivity index (χ1n) is 8.11. The van der Waals surface area contributed by atoms with Crippen molar-refractivity contribution in [3.8, 4) is 0 Å². The van der Waals surface area contributed by atoms with E-state index in [0.717, 1.165) is 0 Å². The molecule has 0 radical (unpaired) electrons. The second kappa shape index (κ2) is 5.74. The zero-order valence-corrected chi connectivity index (χ0v) is 14.2. The number of aliphatic hydroxyl groups is 3. The Morgan fingerprint density at radius 1 is 1.46 bits per heavy atom. The van der Waals surface area contributed by atoms with Crippen molar-refractivity contribution in [1.29, 1.82) is 0 Å². The number of rotatable bonds is 3. The number of anilines is 1. The van der Waals surface area contributed by atoms with Gasteiger partial charge >= 0.3 is 0 Å². The third-order valence-electron chi connectivity index (χ3n) is 4.87. The van der Waals surface area contributed by atoms with Gasteiger partial charge in [-0.3, -0.25) is 4.79 Å². The predicted octanol–water partition coefficient (Wildman–Crippen LogP) is -1.05. The normalized spacial score (nSPS) is 30.9. The highest BCUT2D eigenvalue weighted by atomic mass is 16.6. The highest BCUT2D eigenvalue weighted by Gasteiger charge is 2.53. The fourth-order valence-electron chi connectivity index (χ4n) is 3.52. The summed E-state index contributed by atoms with van der Waals surface area (Å²) in [5.74, 6) is 0.0177. The van der Waals surface area contributed by atoms with E-state index in [2.05, 4.69) is 20.6 Å². The predicted molar refractivity (Wildman–Crippen MR) is 90.8 cm³/mol. The molecule has 0 saturated carbocycles. The van der Waals surface area contributed by atoms with E-state index >= 15 is 0 Å². The maximum absolute atomic E-state index is 12.0. The molecule has 138 valence electrons. The first-order valence-corrected chi connectivity index (χ1v) is 8.11. The van der Waals surface area contributed by atoms with E-state index in [0.29, 0.717) is 28.1 Å². The average Bonchev–Trinajstić information content (AvgIpc) is 3.04. The SMILES string of the molecule is CNC1=CC(=O)Nc2ncnc3c2c1cn3C1OC(CO)[C@@H](O)C1(C)O. The Labute approximate surface area is 148 Å². The summed E-state index contributed by atoms with van der Waals surface area (Å²) in [4.78, 5) is 20.4. The number of carbonyl (C=O) groups excluding carboxylic acids is 1. The Balaban J connectivity index is 1.94. The highest BCUT2D eigenvalue weighted by molar-refractivity contribution is 6.13. The molecular weight excluding hydrogens is 342 g/mol. The summed E-state index contributed by atoms with van der Waals surface area (Å²) in [7, 11) is 1.69. The second-order valence-electron chi connectivity index (χ2n) is 6.55. The maximum Gasteiger partial charge on any atom is 0.251 e. The molecular formula is C16H19N5O5. The van der Waals surface area contributed by atoms with Crippen molar-refractivity contribution in [3.05, 3.63) is 24.2 Å². The number of amides is 1. The summed E-state index contributed by atoms with van der Waals surface area (Å²) in [6.45, 7) is 1.01. The minimum absolute atomic E-state index is 0.322. The minimum Gasteiger partial charge on any atom is -0.394 e. The van der Waals surface area contributed by atoms with Crippen LogP contribution in [0.15, 0.2) is 18.6 Å². The topological polar surface area (TPSA) is 142 Å². The summed E-state index contributed by atoms with van der Waals surface area (Å²) in [5.41, 5.74) is -0.0302. The zero-order chi connectivity index (χ0) is 18.6. The molecule has 2 aromatic heterocycles. The lowest BCUT2D eigenvalue weighted by Crippen LogP contribution is -2.44. The van der Waals surface area contributed by atoms with Gasteiger partial charge in [0.25, 0.3) is 5.91 Å². The number of hydrogen-bond acceptors (Lipinski definition) is 8. The van der Waals surface area contributed by atoms with Gasteiger partial charge in [-0.1, -0.05) is 0 Å². The van der Waals surface area contributed by atoms with Crippen molar-refractivity contribution >= 4 is 28.5 Å². The van der Waals surface area contributed by atoms with E-state index < -0.39 is 30.6 Å². The molecule has 2 aliphatic heterocycles. The average molecular weight is 361 g/mol. The second-order valence-corrected chi connectivity index (χ2v) is 6.55. The third kappa shape index (κ3) is 2.23. The van der Waals surface area contributed by atoms with Gasteiger partial charge < -0.3 is 35.3 Å². The maximum atomic E-state index is 12.0. The summed E-state index contributed by atoms with van der Waals surface area (Å²) in [6.07, 6.45) is 1.20. The zero-order valence-electron chi connectivity index (χ0n) is 14.2. The molecule has 1 amide bonds. The molecule has 1 saturated heterocycles. The minimum atomic E-state index is -1.65. The van der Waals surface area contributed by atoms with Gasteiger partial charge in [0, 0.05) is 30.6 Å². The Hall–Kier alpha value is -2.53. The van der Waals surface area contributed by atoms with Crippen molar-refractivity contribution in [2.24, 2.45) is 0 Å². The molecule has 0 spiro atoms. The van der Waals surface area contributed by atoms with Gasteiger partial charge in [0.15, 0.2) is 6.23 Å². The number of nitrogens with one attached hydrogen (secondary N) is 2. The van der Waals surface area contributed by atoms with Crippen molar-refractivity contribution in [3.63, 3.8) is 0 Å². The number of ether oxygens (including phenoxy) is 1. The Morgan fingerprint density at radius 3 is 2.88 bits per heavy atom. The van der Waals surface area contributed by atoms with Crippen LogP contribution in [0.25, 0.3) is 16.7 Å². The van der Waals surface area contributed by atoms with E-state index in [1.807, 2.05) is 0 Å². The van der Waals surface area contributed by atoms with Crippen LogP contribution >= 0.6 is 0 Å². The molecule has 0 aliphatic carbocycles. The van der Waals surface area contributed by atoms with Crippen LogP contribution in [0.5, 0.6) is 0 Å². The largest absolute Gasteiger partial charge is 0.394 e. The smallest absolute Gasteiger partial charge is 0.251 e. The standard InChI is InChI=1S/C16H19N5O5/c1-16(25)12(24)9(5-22)26-15(16)21-4-7-8(17-2)3-10(23)20-13-11(7)14(21)19-6-18-13/h3-4,6,9,12,15,17,22,24-25H,5H2,1-2H3,(H,18,19,20,23)/t9?,12-,15?,16?/m1/s1. The van der Waals surface area contributed by atoms with Crippen molar-refractivity contribution < 1.29 is 24.9 Å². The Kier molecular flexibility index (Phi) is 3.74. The molecule has 3 unspecified atom stereocenters. The lowest BCUT2D eigenvalue weighted by molar-refractivity contribution is -0.111. The van der Waals surface area contributed by atoms with Crippen LogP contribution in [0, 0.1) is 0 Å². The van der Waals surface area contributed by atoms with Crippen LogP contribution in [0.1, 0.15) is 18.7 Å². The molecule has 1 fully saturated rings. The van der Waals surface area contributed by atoms with Gasteiger partial charge in [-0.2, -0.15) is 0 Å². The quantitative estimate of drug-likeness (QED) is 0.466. The molecule has 2 aliphatic rings. The lowest BCUT2D eigenvalue weighted by atomic mass is 9.96. The Morgan fingerprint density at radius 2 is 2.23 bits per heavy atom. The summed E-state index contributed by atoms with van der Waals surface area (Å²) in [5, 5.41) is 36.7. The molecule has 26 heavy (non-hydrogen) atoms. The monoisotopic (exact) mass is 361 g/mol. The van der Waals surface area contributed by atoms with Gasteiger partial charge in [0.05, 0.1) is 12.0 Å². The lowest BCUT2D eigenvalue weighted by Gasteiger charge is -2.27. The van der Waals surface area contributed by atoms with Gasteiger partial charge in [-0.05, 0) is 6.92 Å². The fraction of sp³-hybridized carbons (Fsp3) is 0.438. The van der Waals surface area contributed by atoms with E-state index in [1.165, 1.54) is 19.3 Å². The van der Waals surface area contributed by atoms with Crippen LogP contribution in [-0.4, -0.2) is 67.2 Å². The van der Waals surface area contributed by atoms with E-state index in [4.69, 9.17) is 4.74 Å². The van der Waals surface area contributed by atoms with Crippen LogP contribution in [0.2, 0.25) is 0 Å².